The van der Waals surface area contributed by atoms with Gasteiger partial charge in [-0.1, -0.05) is 20.3 Å². The molecule has 1 rings (SSSR count). The lowest BCUT2D eigenvalue weighted by atomic mass is 9.97. The summed E-state index contributed by atoms with van der Waals surface area (Å²) >= 11 is 3.95. The van der Waals surface area contributed by atoms with Gasteiger partial charge >= 0.3 is 5.97 Å². The van der Waals surface area contributed by atoms with Gasteiger partial charge in [-0.3, -0.25) is 19.4 Å². The van der Waals surface area contributed by atoms with Crippen LogP contribution in [0.15, 0.2) is 17.5 Å². The molecule has 0 saturated heterocycles. The first-order valence-electron chi connectivity index (χ1n) is 11.5. The number of hydrogen-bond donors (Lipinski definition) is 9. The Morgan fingerprint density at radius 2 is 1.81 bits per heavy atom. The molecular formula is C21H37N9O5S. The van der Waals surface area contributed by atoms with Gasteiger partial charge in [-0.2, -0.15) is 12.6 Å². The zero-order valence-corrected chi connectivity index (χ0v) is 21.3. The van der Waals surface area contributed by atoms with Gasteiger partial charge < -0.3 is 43.2 Å². The molecule has 15 heteroatoms. The number of nitrogens with two attached hydrogens (primary N) is 3. The van der Waals surface area contributed by atoms with Crippen LogP contribution in [0.3, 0.4) is 0 Å². The van der Waals surface area contributed by atoms with Gasteiger partial charge in [0.2, 0.25) is 17.7 Å². The number of aliphatic carboxylic acids is 1. The molecule has 3 amide bonds. The molecule has 202 valence electrons. The van der Waals surface area contributed by atoms with Crippen LogP contribution in [-0.4, -0.2) is 81.2 Å². The average molecular weight is 528 g/mol. The highest BCUT2D eigenvalue weighted by Crippen LogP contribution is 2.10. The number of aliphatic imine (C=N–C) groups is 1. The largest absolute Gasteiger partial charge is 0.480 e. The van der Waals surface area contributed by atoms with Gasteiger partial charge in [0.25, 0.3) is 0 Å². The van der Waals surface area contributed by atoms with E-state index in [1.807, 2.05) is 6.92 Å². The SMILES string of the molecule is CCC(C)C(NC(=O)C(CCCN=C(N)N)NC(=O)C(N)Cc1cnc[nH]1)C(=O)NC(CS)C(=O)O. The number of carboxylic acids is 1. The van der Waals surface area contributed by atoms with Gasteiger partial charge in [0.05, 0.1) is 12.4 Å². The normalized spacial score (nSPS) is 15.0. The van der Waals surface area contributed by atoms with E-state index < -0.39 is 47.9 Å². The van der Waals surface area contributed by atoms with Gasteiger partial charge in [0.15, 0.2) is 5.96 Å². The van der Waals surface area contributed by atoms with Gasteiger partial charge in [0.1, 0.15) is 18.1 Å². The van der Waals surface area contributed by atoms with Crippen molar-refractivity contribution in [1.29, 1.82) is 0 Å². The molecule has 1 aromatic heterocycles. The van der Waals surface area contributed by atoms with Crippen molar-refractivity contribution < 1.29 is 24.3 Å². The minimum Gasteiger partial charge on any atom is -0.480 e. The summed E-state index contributed by atoms with van der Waals surface area (Å²) in [7, 11) is 0. The van der Waals surface area contributed by atoms with E-state index in [0.717, 1.165) is 0 Å². The zero-order valence-electron chi connectivity index (χ0n) is 20.4. The van der Waals surface area contributed by atoms with Crippen molar-refractivity contribution in [3.63, 3.8) is 0 Å². The Kier molecular flexibility index (Phi) is 13.3. The van der Waals surface area contributed by atoms with Gasteiger partial charge in [-0.15, -0.1) is 0 Å². The van der Waals surface area contributed by atoms with E-state index >= 15 is 0 Å². The van der Waals surface area contributed by atoms with Gasteiger partial charge in [-0.05, 0) is 18.8 Å². The number of nitrogens with one attached hydrogen (secondary N) is 4. The van der Waals surface area contributed by atoms with Crippen LogP contribution in [0, 0.1) is 5.92 Å². The van der Waals surface area contributed by atoms with Crippen molar-refractivity contribution in [2.75, 3.05) is 12.3 Å². The lowest BCUT2D eigenvalue weighted by Gasteiger charge is -2.28. The molecule has 14 nitrogen and oxygen atoms in total. The van der Waals surface area contributed by atoms with Crippen LogP contribution in [0.2, 0.25) is 0 Å². The maximum Gasteiger partial charge on any atom is 0.327 e. The van der Waals surface area contributed by atoms with Crippen LogP contribution in [0.1, 0.15) is 38.8 Å². The maximum absolute atomic E-state index is 13.2. The highest BCUT2D eigenvalue weighted by molar-refractivity contribution is 7.80. The van der Waals surface area contributed by atoms with E-state index in [4.69, 9.17) is 17.2 Å². The molecule has 1 aromatic rings. The Balaban J connectivity index is 2.99. The molecule has 5 unspecified atom stereocenters. The van der Waals surface area contributed by atoms with E-state index in [0.29, 0.717) is 18.5 Å². The molecular weight excluding hydrogens is 490 g/mol. The van der Waals surface area contributed by atoms with E-state index in [-0.39, 0.29) is 37.0 Å². The fourth-order valence-corrected chi connectivity index (χ4v) is 3.43. The fraction of sp³-hybridized carbons (Fsp3) is 0.619. The number of thiol groups is 1. The first-order chi connectivity index (χ1) is 17.0. The monoisotopic (exact) mass is 527 g/mol. The molecule has 0 aliphatic heterocycles. The van der Waals surface area contributed by atoms with Crippen LogP contribution in [0.4, 0.5) is 0 Å². The first kappa shape index (κ1) is 30.7. The van der Waals surface area contributed by atoms with Crippen molar-refractivity contribution in [3.8, 4) is 0 Å². The number of hydrogen-bond acceptors (Lipinski definition) is 8. The molecule has 11 N–H and O–H groups in total. The maximum atomic E-state index is 13.2. The molecule has 0 saturated carbocycles. The number of rotatable bonds is 16. The van der Waals surface area contributed by atoms with Crippen molar-refractivity contribution in [2.24, 2.45) is 28.1 Å². The number of guanidine groups is 1. The number of H-pyrrole nitrogens is 1. The number of carboxylic acid groups (broad SMARTS) is 1. The Morgan fingerprint density at radius 3 is 2.33 bits per heavy atom. The number of aromatic nitrogens is 2. The molecule has 5 atom stereocenters. The number of carbonyl (C=O) groups excluding carboxylic acids is 3. The predicted octanol–water partition coefficient (Wildman–Crippen LogP) is -2.15. The van der Waals surface area contributed by atoms with E-state index in [1.165, 1.54) is 12.5 Å². The topological polar surface area (TPSA) is 244 Å². The zero-order chi connectivity index (χ0) is 27.3. The molecule has 1 heterocycles. The molecule has 0 bridgehead atoms. The van der Waals surface area contributed by atoms with Crippen LogP contribution >= 0.6 is 12.6 Å². The third-order valence-corrected chi connectivity index (χ3v) is 5.87. The van der Waals surface area contributed by atoms with E-state index in [1.54, 1.807) is 6.92 Å². The summed E-state index contributed by atoms with van der Waals surface area (Å²) in [4.78, 5) is 60.7. The van der Waals surface area contributed by atoms with Gasteiger partial charge in [0, 0.05) is 30.6 Å². The predicted molar refractivity (Wildman–Crippen MR) is 137 cm³/mol. The molecule has 0 aromatic carbocycles. The molecule has 36 heavy (non-hydrogen) atoms. The van der Waals surface area contributed by atoms with Gasteiger partial charge in [-0.25, -0.2) is 9.78 Å². The summed E-state index contributed by atoms with van der Waals surface area (Å²) in [5.74, 6) is -3.67. The second-order valence-electron chi connectivity index (χ2n) is 8.35. The summed E-state index contributed by atoms with van der Waals surface area (Å²) in [6, 6.07) is -4.27. The Hall–Kier alpha value is -3.33. The smallest absolute Gasteiger partial charge is 0.327 e. The number of nitrogens with zero attached hydrogens (tertiary/aromatic N) is 2. The first-order valence-corrected chi connectivity index (χ1v) is 12.2. The van der Waals surface area contributed by atoms with Crippen LogP contribution in [0.25, 0.3) is 0 Å². The quantitative estimate of drug-likeness (QED) is 0.0491. The van der Waals surface area contributed by atoms with Crippen LogP contribution < -0.4 is 33.2 Å². The average Bonchev–Trinajstić information content (AvgIpc) is 3.34. The molecule has 0 spiro atoms. The number of aromatic amines is 1. The van der Waals surface area contributed by atoms with Crippen molar-refractivity contribution >= 4 is 42.3 Å². The third-order valence-electron chi connectivity index (χ3n) is 5.50. The van der Waals surface area contributed by atoms with Crippen LogP contribution in [-0.2, 0) is 25.6 Å². The van der Waals surface area contributed by atoms with Crippen molar-refractivity contribution in [1.82, 2.24) is 25.9 Å². The Labute approximate surface area is 215 Å². The second-order valence-corrected chi connectivity index (χ2v) is 8.72. The summed E-state index contributed by atoms with van der Waals surface area (Å²) < 4.78 is 0. The molecule has 0 fully saturated rings. The van der Waals surface area contributed by atoms with Crippen molar-refractivity contribution in [3.05, 3.63) is 18.2 Å². The third kappa shape index (κ3) is 10.5. The Morgan fingerprint density at radius 1 is 1.14 bits per heavy atom. The van der Waals surface area contributed by atoms with E-state index in [2.05, 4.69) is 43.5 Å². The second kappa shape index (κ2) is 15.6. The summed E-state index contributed by atoms with van der Waals surface area (Å²) in [5, 5.41) is 16.9. The van der Waals surface area contributed by atoms with E-state index in [9.17, 15) is 24.3 Å². The molecule has 0 radical (unpaired) electrons. The number of carbonyl (C=O) groups is 4. The minimum atomic E-state index is -1.25. The lowest BCUT2D eigenvalue weighted by molar-refractivity contribution is -0.142. The summed E-state index contributed by atoms with van der Waals surface area (Å²) in [6.07, 6.45) is 4.21. The highest BCUT2D eigenvalue weighted by atomic mass is 32.1. The lowest BCUT2D eigenvalue weighted by Crippen LogP contribution is -2.59. The molecule has 0 aliphatic carbocycles. The summed E-state index contributed by atoms with van der Waals surface area (Å²) in [6.45, 7) is 3.79. The fourth-order valence-electron chi connectivity index (χ4n) is 3.18. The number of amides is 3. The summed E-state index contributed by atoms with van der Waals surface area (Å²) in [5.41, 5.74) is 17.3. The Bertz CT molecular complexity index is 892. The highest BCUT2D eigenvalue weighted by Gasteiger charge is 2.32. The van der Waals surface area contributed by atoms with Crippen molar-refractivity contribution in [2.45, 2.75) is 63.7 Å². The molecule has 0 aliphatic rings. The number of imidazole rings is 1. The minimum absolute atomic E-state index is 0.104. The van der Waals surface area contributed by atoms with Crippen LogP contribution in [0.5, 0.6) is 0 Å². The standard InChI is InChI=1S/C21H37N9O5S/c1-3-11(2)16(19(33)29-15(9-36)20(34)35)30-18(32)14(5-4-6-26-21(23)24)28-17(31)13(22)7-12-8-25-10-27-12/h8,10-11,13-16,36H,3-7,9,22H2,1-2H3,(H,25,27)(H,28,31)(H,29,33)(H,30,32)(H,34,35)(H4,23,24,26).